The van der Waals surface area contributed by atoms with Gasteiger partial charge in [-0.1, -0.05) is 48.0 Å². The zero-order valence-electron chi connectivity index (χ0n) is 15.4. The van der Waals surface area contributed by atoms with Crippen molar-refractivity contribution in [3.63, 3.8) is 0 Å². The van der Waals surface area contributed by atoms with Crippen molar-refractivity contribution >= 4 is 33.2 Å². The number of aromatic nitrogens is 2. The summed E-state index contributed by atoms with van der Waals surface area (Å²) in [6, 6.07) is 13.9. The summed E-state index contributed by atoms with van der Waals surface area (Å²) >= 11 is 7.84. The number of benzene rings is 2. The minimum atomic E-state index is -0.0301. The molecule has 0 saturated heterocycles. The van der Waals surface area contributed by atoms with Gasteiger partial charge in [0.25, 0.3) is 5.56 Å². The minimum Gasteiger partial charge on any atom is -0.294 e. The van der Waals surface area contributed by atoms with Gasteiger partial charge in [-0.25, -0.2) is 4.98 Å². The van der Waals surface area contributed by atoms with Crippen LogP contribution in [-0.2, 0) is 6.54 Å². The first-order valence-corrected chi connectivity index (χ1v) is 9.94. The molecule has 0 N–H and O–H groups in total. The standard InChI is InChI=1S/C22H19ClN2OS/c1-13-8-9-16(10-14(13)2)19-15(3)27-21-20(19)22(26)25(12-24-21)11-17-6-4-5-7-18(17)23/h4-10,12H,11H2,1-3H3. The van der Waals surface area contributed by atoms with E-state index in [4.69, 9.17) is 11.6 Å². The molecule has 2 aromatic carbocycles. The lowest BCUT2D eigenvalue weighted by atomic mass is 9.99. The summed E-state index contributed by atoms with van der Waals surface area (Å²) in [5.41, 5.74) is 5.39. The van der Waals surface area contributed by atoms with Crippen molar-refractivity contribution < 1.29 is 0 Å². The van der Waals surface area contributed by atoms with Crippen LogP contribution >= 0.6 is 22.9 Å². The number of hydrogen-bond acceptors (Lipinski definition) is 3. The van der Waals surface area contributed by atoms with Crippen LogP contribution in [0.25, 0.3) is 21.3 Å². The Hall–Kier alpha value is -2.43. The molecule has 0 fully saturated rings. The van der Waals surface area contributed by atoms with Crippen LogP contribution in [0, 0.1) is 20.8 Å². The first-order chi connectivity index (χ1) is 13.0. The van der Waals surface area contributed by atoms with E-state index in [0.29, 0.717) is 17.0 Å². The summed E-state index contributed by atoms with van der Waals surface area (Å²) in [4.78, 5) is 19.7. The molecule has 0 atom stereocenters. The average molecular weight is 395 g/mol. The second-order valence-electron chi connectivity index (χ2n) is 6.78. The van der Waals surface area contributed by atoms with Crippen LogP contribution in [0.2, 0.25) is 5.02 Å². The fraction of sp³-hybridized carbons (Fsp3) is 0.182. The Morgan fingerprint density at radius 1 is 1.07 bits per heavy atom. The summed E-state index contributed by atoms with van der Waals surface area (Å²) in [5.74, 6) is 0. The molecule has 0 radical (unpaired) electrons. The van der Waals surface area contributed by atoms with E-state index in [2.05, 4.69) is 44.0 Å². The number of halogens is 1. The van der Waals surface area contributed by atoms with Gasteiger partial charge in [0.05, 0.1) is 18.3 Å². The predicted octanol–water partition coefficient (Wildman–Crippen LogP) is 5.75. The molecule has 0 aliphatic heterocycles. The van der Waals surface area contributed by atoms with Gasteiger partial charge in [-0.05, 0) is 49.1 Å². The van der Waals surface area contributed by atoms with Gasteiger partial charge in [-0.3, -0.25) is 9.36 Å². The van der Waals surface area contributed by atoms with Crippen molar-refractivity contribution in [1.29, 1.82) is 0 Å². The molecule has 5 heteroatoms. The molecule has 0 aliphatic rings. The van der Waals surface area contributed by atoms with Gasteiger partial charge in [0, 0.05) is 15.5 Å². The monoisotopic (exact) mass is 394 g/mol. The van der Waals surface area contributed by atoms with Gasteiger partial charge in [-0.15, -0.1) is 11.3 Å². The highest BCUT2D eigenvalue weighted by molar-refractivity contribution is 7.19. The molecule has 0 bridgehead atoms. The molecule has 136 valence electrons. The summed E-state index contributed by atoms with van der Waals surface area (Å²) in [6.45, 7) is 6.64. The highest BCUT2D eigenvalue weighted by Crippen LogP contribution is 2.36. The first-order valence-electron chi connectivity index (χ1n) is 8.75. The minimum absolute atomic E-state index is 0.0301. The average Bonchev–Trinajstić information content (AvgIpc) is 2.98. The number of hydrogen-bond donors (Lipinski definition) is 0. The van der Waals surface area contributed by atoms with Crippen molar-refractivity contribution in [2.45, 2.75) is 27.3 Å². The van der Waals surface area contributed by atoms with E-state index in [0.717, 1.165) is 26.4 Å². The molecule has 2 aromatic heterocycles. The molecule has 27 heavy (non-hydrogen) atoms. The Morgan fingerprint density at radius 2 is 1.85 bits per heavy atom. The van der Waals surface area contributed by atoms with Crippen molar-refractivity contribution in [3.8, 4) is 11.1 Å². The Kier molecular flexibility index (Phi) is 4.62. The SMILES string of the molecule is Cc1ccc(-c2c(C)sc3ncn(Cc4ccccc4Cl)c(=O)c23)cc1C. The number of nitrogens with zero attached hydrogens (tertiary/aromatic N) is 2. The molecule has 0 spiro atoms. The van der Waals surface area contributed by atoms with Crippen LogP contribution in [0.1, 0.15) is 21.6 Å². The van der Waals surface area contributed by atoms with E-state index < -0.39 is 0 Å². The molecular weight excluding hydrogens is 376 g/mol. The summed E-state index contributed by atoms with van der Waals surface area (Å²) in [7, 11) is 0. The maximum absolute atomic E-state index is 13.3. The zero-order chi connectivity index (χ0) is 19.1. The number of aryl methyl sites for hydroxylation is 3. The second-order valence-corrected chi connectivity index (χ2v) is 8.39. The topological polar surface area (TPSA) is 34.9 Å². The Morgan fingerprint density at radius 3 is 2.59 bits per heavy atom. The Bertz CT molecular complexity index is 1220. The third-order valence-electron chi connectivity index (χ3n) is 4.95. The summed E-state index contributed by atoms with van der Waals surface area (Å²) < 4.78 is 1.64. The van der Waals surface area contributed by atoms with E-state index in [9.17, 15) is 4.79 Å². The largest absolute Gasteiger partial charge is 0.294 e. The van der Waals surface area contributed by atoms with Crippen LogP contribution in [0.3, 0.4) is 0 Å². The molecule has 4 aromatic rings. The van der Waals surface area contributed by atoms with Crippen LogP contribution in [0.5, 0.6) is 0 Å². The number of fused-ring (bicyclic) bond motifs is 1. The molecule has 3 nitrogen and oxygen atoms in total. The van der Waals surface area contributed by atoms with Crippen LogP contribution in [0.15, 0.2) is 53.6 Å². The van der Waals surface area contributed by atoms with Crippen molar-refractivity contribution in [2.75, 3.05) is 0 Å². The molecule has 0 unspecified atom stereocenters. The second kappa shape index (κ2) is 6.95. The fourth-order valence-electron chi connectivity index (χ4n) is 3.30. The molecule has 2 heterocycles. The lowest BCUT2D eigenvalue weighted by Crippen LogP contribution is -2.21. The highest BCUT2D eigenvalue weighted by Gasteiger charge is 2.17. The van der Waals surface area contributed by atoms with Crippen LogP contribution in [0.4, 0.5) is 0 Å². The quantitative estimate of drug-likeness (QED) is 0.443. The molecular formula is C22H19ClN2OS. The van der Waals surface area contributed by atoms with Gasteiger partial charge >= 0.3 is 0 Å². The van der Waals surface area contributed by atoms with E-state index in [1.807, 2.05) is 24.3 Å². The first kappa shape index (κ1) is 18.0. The number of thiophene rings is 1. The van der Waals surface area contributed by atoms with Gasteiger partial charge in [0.2, 0.25) is 0 Å². The third-order valence-corrected chi connectivity index (χ3v) is 6.33. The maximum Gasteiger partial charge on any atom is 0.263 e. The summed E-state index contributed by atoms with van der Waals surface area (Å²) in [5, 5.41) is 1.34. The lowest BCUT2D eigenvalue weighted by molar-refractivity contribution is 0.749. The third kappa shape index (κ3) is 3.20. The van der Waals surface area contributed by atoms with E-state index in [-0.39, 0.29) is 5.56 Å². The molecule has 0 saturated carbocycles. The van der Waals surface area contributed by atoms with Gasteiger partial charge < -0.3 is 0 Å². The molecule has 0 aliphatic carbocycles. The molecule has 0 amide bonds. The van der Waals surface area contributed by atoms with E-state index in [1.54, 1.807) is 22.2 Å². The highest BCUT2D eigenvalue weighted by atomic mass is 35.5. The summed E-state index contributed by atoms with van der Waals surface area (Å²) in [6.07, 6.45) is 1.62. The van der Waals surface area contributed by atoms with Crippen LogP contribution < -0.4 is 5.56 Å². The van der Waals surface area contributed by atoms with Crippen molar-refractivity contribution in [2.24, 2.45) is 0 Å². The zero-order valence-corrected chi connectivity index (χ0v) is 17.0. The van der Waals surface area contributed by atoms with Crippen molar-refractivity contribution in [1.82, 2.24) is 9.55 Å². The Balaban J connectivity index is 1.91. The van der Waals surface area contributed by atoms with Gasteiger partial charge in [0.15, 0.2) is 0 Å². The molecule has 4 rings (SSSR count). The van der Waals surface area contributed by atoms with E-state index in [1.165, 1.54) is 11.1 Å². The fourth-order valence-corrected chi connectivity index (χ4v) is 4.50. The predicted molar refractivity (Wildman–Crippen MR) is 114 cm³/mol. The van der Waals surface area contributed by atoms with Crippen LogP contribution in [-0.4, -0.2) is 9.55 Å². The lowest BCUT2D eigenvalue weighted by Gasteiger charge is -2.09. The normalized spacial score (nSPS) is 11.3. The Labute approximate surface area is 166 Å². The van der Waals surface area contributed by atoms with Gasteiger partial charge in [-0.2, -0.15) is 0 Å². The van der Waals surface area contributed by atoms with E-state index >= 15 is 0 Å². The maximum atomic E-state index is 13.3. The van der Waals surface area contributed by atoms with Crippen molar-refractivity contribution in [3.05, 3.63) is 85.7 Å². The van der Waals surface area contributed by atoms with Gasteiger partial charge in [0.1, 0.15) is 4.83 Å². The smallest absolute Gasteiger partial charge is 0.263 e. The number of rotatable bonds is 3.